The highest BCUT2D eigenvalue weighted by molar-refractivity contribution is 4.95. The second-order valence-electron chi connectivity index (χ2n) is 6.33. The van der Waals surface area contributed by atoms with Gasteiger partial charge in [-0.1, -0.05) is 0 Å². The molecule has 19 heavy (non-hydrogen) atoms. The van der Waals surface area contributed by atoms with Gasteiger partial charge in [0.1, 0.15) is 0 Å². The molecule has 0 radical (unpaired) electrons. The summed E-state index contributed by atoms with van der Waals surface area (Å²) in [6, 6.07) is 1.05. The summed E-state index contributed by atoms with van der Waals surface area (Å²) in [5.74, 6) is 0. The van der Waals surface area contributed by atoms with Gasteiger partial charge in [-0.15, -0.1) is 0 Å². The second kappa shape index (κ2) is 7.58. The van der Waals surface area contributed by atoms with Crippen molar-refractivity contribution < 1.29 is 4.74 Å². The first-order valence-electron chi connectivity index (χ1n) is 7.63. The van der Waals surface area contributed by atoms with E-state index >= 15 is 0 Å². The van der Waals surface area contributed by atoms with E-state index in [-0.39, 0.29) is 5.54 Å². The van der Waals surface area contributed by atoms with Crippen molar-refractivity contribution in [3.05, 3.63) is 0 Å². The molecule has 1 aliphatic heterocycles. The summed E-state index contributed by atoms with van der Waals surface area (Å²) >= 11 is 0. The van der Waals surface area contributed by atoms with Crippen LogP contribution >= 0.6 is 0 Å². The smallest absolute Gasteiger partial charge is 0.0615 e. The Hall–Kier alpha value is -0.160. The van der Waals surface area contributed by atoms with Crippen LogP contribution in [0, 0.1) is 0 Å². The van der Waals surface area contributed by atoms with Crippen molar-refractivity contribution in [1.82, 2.24) is 9.80 Å². The van der Waals surface area contributed by atoms with Crippen molar-refractivity contribution in [3.63, 3.8) is 0 Å². The van der Waals surface area contributed by atoms with Gasteiger partial charge in [-0.3, -0.25) is 4.90 Å². The van der Waals surface area contributed by atoms with E-state index in [0.717, 1.165) is 26.1 Å². The molecule has 1 fully saturated rings. The average molecular weight is 271 g/mol. The number of hydrogen-bond donors (Lipinski definition) is 1. The van der Waals surface area contributed by atoms with Crippen molar-refractivity contribution in [2.75, 3.05) is 40.4 Å². The molecule has 1 rings (SSSR count). The van der Waals surface area contributed by atoms with Crippen molar-refractivity contribution >= 4 is 0 Å². The van der Waals surface area contributed by atoms with Crippen LogP contribution in [0.25, 0.3) is 0 Å². The third-order valence-electron chi connectivity index (χ3n) is 4.88. The fourth-order valence-electron chi connectivity index (χ4n) is 3.24. The Labute approximate surface area is 119 Å². The topological polar surface area (TPSA) is 41.7 Å². The molecular formula is C15H33N3O. The molecule has 1 heterocycles. The number of nitrogens with two attached hydrogens (primary N) is 1. The summed E-state index contributed by atoms with van der Waals surface area (Å²) in [7, 11) is 3.98. The van der Waals surface area contributed by atoms with Gasteiger partial charge in [-0.05, 0) is 53.6 Å². The Morgan fingerprint density at radius 1 is 1.26 bits per heavy atom. The minimum absolute atomic E-state index is 0.140. The van der Waals surface area contributed by atoms with Gasteiger partial charge in [-0.25, -0.2) is 0 Å². The summed E-state index contributed by atoms with van der Waals surface area (Å²) in [6.45, 7) is 10.7. The zero-order valence-corrected chi connectivity index (χ0v) is 13.5. The molecule has 114 valence electrons. The second-order valence-corrected chi connectivity index (χ2v) is 6.33. The third-order valence-corrected chi connectivity index (χ3v) is 4.88. The molecule has 2 unspecified atom stereocenters. The molecule has 0 aromatic rings. The zero-order chi connectivity index (χ0) is 14.5. The number of ether oxygens (including phenoxy) is 1. The van der Waals surface area contributed by atoms with Crippen molar-refractivity contribution in [2.24, 2.45) is 5.73 Å². The number of likely N-dealkylation sites (tertiary alicyclic amines) is 1. The molecule has 0 aromatic carbocycles. The number of hydrogen-bond acceptors (Lipinski definition) is 4. The fraction of sp³-hybridized carbons (Fsp3) is 1.00. The maximum absolute atomic E-state index is 6.16. The monoisotopic (exact) mass is 271 g/mol. The van der Waals surface area contributed by atoms with Gasteiger partial charge in [0.2, 0.25) is 0 Å². The van der Waals surface area contributed by atoms with Crippen LogP contribution in [0.2, 0.25) is 0 Å². The van der Waals surface area contributed by atoms with Crippen LogP contribution in [0.15, 0.2) is 0 Å². The van der Waals surface area contributed by atoms with Gasteiger partial charge >= 0.3 is 0 Å². The van der Waals surface area contributed by atoms with Crippen LogP contribution in [0.4, 0.5) is 0 Å². The highest BCUT2D eigenvalue weighted by Gasteiger charge is 2.37. The molecule has 4 heteroatoms. The van der Waals surface area contributed by atoms with Crippen molar-refractivity contribution in [2.45, 2.75) is 57.7 Å². The molecule has 0 amide bonds. The largest absolute Gasteiger partial charge is 0.383 e. The fourth-order valence-corrected chi connectivity index (χ4v) is 3.24. The van der Waals surface area contributed by atoms with E-state index < -0.39 is 0 Å². The molecule has 0 aliphatic carbocycles. The first kappa shape index (κ1) is 16.9. The zero-order valence-electron chi connectivity index (χ0n) is 13.5. The summed E-state index contributed by atoms with van der Waals surface area (Å²) in [4.78, 5) is 5.03. The summed E-state index contributed by atoms with van der Waals surface area (Å²) in [5, 5.41) is 0. The molecule has 1 saturated heterocycles. The molecule has 2 N–H and O–H groups in total. The van der Waals surface area contributed by atoms with E-state index in [4.69, 9.17) is 10.5 Å². The van der Waals surface area contributed by atoms with E-state index in [9.17, 15) is 0 Å². The van der Waals surface area contributed by atoms with Crippen LogP contribution in [0.1, 0.15) is 40.0 Å². The molecule has 0 bridgehead atoms. The number of methoxy groups -OCH3 is 1. The van der Waals surface area contributed by atoms with Gasteiger partial charge < -0.3 is 15.4 Å². The van der Waals surface area contributed by atoms with Gasteiger partial charge in [-0.2, -0.15) is 0 Å². The third kappa shape index (κ3) is 4.15. The molecule has 1 aliphatic rings. The maximum Gasteiger partial charge on any atom is 0.0615 e. The lowest BCUT2D eigenvalue weighted by Crippen LogP contribution is -2.56. The van der Waals surface area contributed by atoms with E-state index in [1.165, 1.54) is 19.4 Å². The Morgan fingerprint density at radius 3 is 2.47 bits per heavy atom. The van der Waals surface area contributed by atoms with Gasteiger partial charge in [0, 0.05) is 37.8 Å². The number of likely N-dealkylation sites (N-methyl/N-ethyl adjacent to an activating group) is 1. The molecule has 0 saturated carbocycles. The predicted octanol–water partition coefficient (Wildman–Crippen LogP) is 1.54. The quantitative estimate of drug-likeness (QED) is 0.796. The van der Waals surface area contributed by atoms with E-state index in [1.54, 1.807) is 7.11 Å². The first-order chi connectivity index (χ1) is 8.96. The summed E-state index contributed by atoms with van der Waals surface area (Å²) in [6.07, 6.45) is 3.59. The van der Waals surface area contributed by atoms with Crippen LogP contribution < -0.4 is 5.73 Å². The average Bonchev–Trinajstić information content (AvgIpc) is 2.61. The van der Waals surface area contributed by atoms with Crippen molar-refractivity contribution in [1.29, 1.82) is 0 Å². The van der Waals surface area contributed by atoms with Crippen LogP contribution in [0.5, 0.6) is 0 Å². The standard InChI is InChI=1S/C15H33N3O/c1-13(2)18-9-6-7-15(12-16,8-10-18)17(4)14(3)11-19-5/h13-14H,6-12,16H2,1-5H3. The Bertz CT molecular complexity index is 260. The van der Waals surface area contributed by atoms with Gasteiger partial charge in [0.25, 0.3) is 0 Å². The predicted molar refractivity (Wildman–Crippen MR) is 81.4 cm³/mol. The lowest BCUT2D eigenvalue weighted by Gasteiger charge is -2.44. The maximum atomic E-state index is 6.16. The number of nitrogens with zero attached hydrogens (tertiary/aromatic N) is 2. The van der Waals surface area contributed by atoms with Crippen LogP contribution in [0.3, 0.4) is 0 Å². The van der Waals surface area contributed by atoms with Crippen molar-refractivity contribution in [3.8, 4) is 0 Å². The highest BCUT2D eigenvalue weighted by Crippen LogP contribution is 2.29. The molecule has 4 nitrogen and oxygen atoms in total. The Morgan fingerprint density at radius 2 is 1.95 bits per heavy atom. The van der Waals surface area contributed by atoms with E-state index in [1.807, 2.05) is 0 Å². The first-order valence-corrected chi connectivity index (χ1v) is 7.63. The van der Waals surface area contributed by atoms with Gasteiger partial charge in [0.15, 0.2) is 0 Å². The lowest BCUT2D eigenvalue weighted by molar-refractivity contribution is 0.0285. The minimum atomic E-state index is 0.140. The normalized spacial score (nSPS) is 27.8. The minimum Gasteiger partial charge on any atom is -0.383 e. The Kier molecular flexibility index (Phi) is 6.74. The van der Waals surface area contributed by atoms with Crippen LogP contribution in [-0.4, -0.2) is 67.8 Å². The highest BCUT2D eigenvalue weighted by atomic mass is 16.5. The molecule has 2 atom stereocenters. The summed E-state index contributed by atoms with van der Waals surface area (Å²) in [5.41, 5.74) is 6.30. The Balaban J connectivity index is 2.74. The molecular weight excluding hydrogens is 238 g/mol. The van der Waals surface area contributed by atoms with Crippen LogP contribution in [-0.2, 0) is 4.74 Å². The lowest BCUT2D eigenvalue weighted by atomic mass is 9.87. The van der Waals surface area contributed by atoms with Gasteiger partial charge in [0.05, 0.1) is 6.61 Å². The SMILES string of the molecule is COCC(C)N(C)C1(CN)CCCN(C(C)C)CC1. The van der Waals surface area contributed by atoms with E-state index in [2.05, 4.69) is 37.6 Å². The molecule has 0 aromatic heterocycles. The number of rotatable bonds is 6. The molecule has 0 spiro atoms. The van der Waals surface area contributed by atoms with E-state index in [0.29, 0.717) is 12.1 Å². The summed E-state index contributed by atoms with van der Waals surface area (Å²) < 4.78 is 5.30.